The van der Waals surface area contributed by atoms with Crippen LogP contribution in [-0.2, 0) is 4.79 Å². The smallest absolute Gasteiger partial charge is 0.227 e. The first-order chi connectivity index (χ1) is 8.08. The molecule has 1 aromatic rings. The van der Waals surface area contributed by atoms with Crippen molar-refractivity contribution in [3.8, 4) is 0 Å². The highest BCUT2D eigenvalue weighted by molar-refractivity contribution is 9.10. The second-order valence-corrected chi connectivity index (χ2v) is 5.51. The fraction of sp³-hybridized carbons (Fsp3) is 0.462. The van der Waals surface area contributed by atoms with Gasteiger partial charge in [-0.25, -0.2) is 0 Å². The van der Waals surface area contributed by atoms with E-state index in [-0.39, 0.29) is 11.8 Å². The molecule has 3 N–H and O–H groups in total. The molecule has 2 rings (SSSR count). The Morgan fingerprint density at radius 3 is 2.71 bits per heavy atom. The Morgan fingerprint density at radius 1 is 1.41 bits per heavy atom. The van der Waals surface area contributed by atoms with Crippen molar-refractivity contribution < 1.29 is 4.79 Å². The minimum absolute atomic E-state index is 0.117. The number of carbonyl (C=O) groups is 1. The molecule has 0 aromatic heterocycles. The number of nitrogens with one attached hydrogen (secondary N) is 1. The minimum atomic E-state index is 0.117. The summed E-state index contributed by atoms with van der Waals surface area (Å²) in [5.74, 6) is 0.288. The van der Waals surface area contributed by atoms with E-state index in [1.807, 2.05) is 19.1 Å². The molecule has 4 heteroatoms. The van der Waals surface area contributed by atoms with Gasteiger partial charge in [0.15, 0.2) is 0 Å². The van der Waals surface area contributed by atoms with Crippen LogP contribution in [0, 0.1) is 12.8 Å². The monoisotopic (exact) mass is 296 g/mol. The Labute approximate surface area is 110 Å². The van der Waals surface area contributed by atoms with E-state index >= 15 is 0 Å². The Bertz CT molecular complexity index is 439. The summed E-state index contributed by atoms with van der Waals surface area (Å²) in [5, 5.41) is 2.95. The molecule has 1 aromatic carbocycles. The zero-order valence-electron chi connectivity index (χ0n) is 9.92. The zero-order valence-corrected chi connectivity index (χ0v) is 11.5. The van der Waals surface area contributed by atoms with Gasteiger partial charge in [0.05, 0.1) is 5.69 Å². The summed E-state index contributed by atoms with van der Waals surface area (Å²) in [7, 11) is 0. The molecule has 0 spiro atoms. The number of rotatable bonds is 2. The van der Waals surface area contributed by atoms with Crippen molar-refractivity contribution in [1.29, 1.82) is 0 Å². The van der Waals surface area contributed by atoms with Crippen LogP contribution in [0.1, 0.15) is 31.2 Å². The van der Waals surface area contributed by atoms with Crippen molar-refractivity contribution in [2.75, 3.05) is 11.1 Å². The van der Waals surface area contributed by atoms with Gasteiger partial charge in [-0.3, -0.25) is 4.79 Å². The molecular weight excluding hydrogens is 280 g/mol. The predicted molar refractivity (Wildman–Crippen MR) is 73.9 cm³/mol. The van der Waals surface area contributed by atoms with Gasteiger partial charge >= 0.3 is 0 Å². The van der Waals surface area contributed by atoms with Crippen LogP contribution in [0.3, 0.4) is 0 Å². The summed E-state index contributed by atoms with van der Waals surface area (Å²) in [6.07, 6.45) is 4.33. The number of hydrogen-bond donors (Lipinski definition) is 2. The fourth-order valence-electron chi connectivity index (χ4n) is 2.21. The zero-order chi connectivity index (χ0) is 12.4. The van der Waals surface area contributed by atoms with E-state index in [2.05, 4.69) is 21.2 Å². The van der Waals surface area contributed by atoms with Crippen molar-refractivity contribution >= 4 is 33.2 Å². The van der Waals surface area contributed by atoms with E-state index in [1.54, 1.807) is 0 Å². The topological polar surface area (TPSA) is 55.1 Å². The quantitative estimate of drug-likeness (QED) is 0.821. The molecule has 1 saturated carbocycles. The predicted octanol–water partition coefficient (Wildman–Crippen LogP) is 3.47. The number of aryl methyl sites for hydroxylation is 1. The molecule has 3 nitrogen and oxygen atoms in total. The lowest BCUT2D eigenvalue weighted by Gasteiger charge is -2.13. The Kier molecular flexibility index (Phi) is 3.72. The molecule has 17 heavy (non-hydrogen) atoms. The van der Waals surface area contributed by atoms with Crippen molar-refractivity contribution in [2.45, 2.75) is 32.6 Å². The number of benzene rings is 1. The van der Waals surface area contributed by atoms with E-state index < -0.39 is 0 Å². The maximum atomic E-state index is 12.0. The molecule has 0 bridgehead atoms. The van der Waals surface area contributed by atoms with Gasteiger partial charge in [-0.05, 0) is 53.4 Å². The van der Waals surface area contributed by atoms with Gasteiger partial charge in [-0.2, -0.15) is 0 Å². The van der Waals surface area contributed by atoms with Crippen LogP contribution in [-0.4, -0.2) is 5.91 Å². The third kappa shape index (κ3) is 2.80. The van der Waals surface area contributed by atoms with E-state index in [4.69, 9.17) is 5.73 Å². The maximum absolute atomic E-state index is 12.0. The highest BCUT2D eigenvalue weighted by Crippen LogP contribution is 2.30. The average Bonchev–Trinajstić information content (AvgIpc) is 2.79. The van der Waals surface area contributed by atoms with Gasteiger partial charge in [-0.1, -0.05) is 12.8 Å². The van der Waals surface area contributed by atoms with Crippen LogP contribution in [0.4, 0.5) is 11.4 Å². The van der Waals surface area contributed by atoms with Gasteiger partial charge in [0.1, 0.15) is 0 Å². The third-order valence-corrected chi connectivity index (χ3v) is 4.00. The highest BCUT2D eigenvalue weighted by Gasteiger charge is 2.23. The number of anilines is 2. The lowest BCUT2D eigenvalue weighted by Crippen LogP contribution is -2.20. The number of halogens is 1. The van der Waals surface area contributed by atoms with Crippen LogP contribution in [0.25, 0.3) is 0 Å². The SMILES string of the molecule is Cc1cc(Br)c(NC(=O)C2CCCC2)cc1N. The molecule has 1 aliphatic rings. The maximum Gasteiger partial charge on any atom is 0.227 e. The summed E-state index contributed by atoms with van der Waals surface area (Å²) in [6, 6.07) is 3.74. The van der Waals surface area contributed by atoms with Crippen molar-refractivity contribution in [2.24, 2.45) is 5.92 Å². The van der Waals surface area contributed by atoms with Gasteiger partial charge in [-0.15, -0.1) is 0 Å². The number of nitrogens with two attached hydrogens (primary N) is 1. The van der Waals surface area contributed by atoms with E-state index in [1.165, 1.54) is 0 Å². The number of carbonyl (C=O) groups excluding carboxylic acids is 1. The molecule has 0 saturated heterocycles. The molecule has 0 heterocycles. The van der Waals surface area contributed by atoms with E-state index in [0.29, 0.717) is 5.69 Å². The molecule has 1 aliphatic carbocycles. The molecule has 1 amide bonds. The number of nitrogen functional groups attached to an aromatic ring is 1. The average molecular weight is 297 g/mol. The Balaban J connectivity index is 2.12. The summed E-state index contributed by atoms with van der Waals surface area (Å²) in [6.45, 7) is 1.95. The molecule has 0 unspecified atom stereocenters. The van der Waals surface area contributed by atoms with Gasteiger partial charge in [0.2, 0.25) is 5.91 Å². The first-order valence-corrected chi connectivity index (χ1v) is 6.73. The number of hydrogen-bond acceptors (Lipinski definition) is 2. The molecule has 0 atom stereocenters. The third-order valence-electron chi connectivity index (χ3n) is 3.34. The largest absolute Gasteiger partial charge is 0.398 e. The Hall–Kier alpha value is -1.03. The van der Waals surface area contributed by atoms with Crippen molar-refractivity contribution in [3.63, 3.8) is 0 Å². The molecular formula is C13H17BrN2O. The first-order valence-electron chi connectivity index (χ1n) is 5.94. The van der Waals surface area contributed by atoms with Crippen LogP contribution in [0.5, 0.6) is 0 Å². The summed E-state index contributed by atoms with van der Waals surface area (Å²) < 4.78 is 0.885. The van der Waals surface area contributed by atoms with Crippen LogP contribution < -0.4 is 11.1 Å². The minimum Gasteiger partial charge on any atom is -0.398 e. The van der Waals surface area contributed by atoms with Gasteiger partial charge in [0, 0.05) is 16.1 Å². The molecule has 1 fully saturated rings. The van der Waals surface area contributed by atoms with Gasteiger partial charge < -0.3 is 11.1 Å². The first kappa shape index (κ1) is 12.4. The standard InChI is InChI=1S/C13H17BrN2O/c1-8-6-10(14)12(7-11(8)15)16-13(17)9-4-2-3-5-9/h6-7,9H,2-5,15H2,1H3,(H,16,17). The van der Waals surface area contributed by atoms with Crippen molar-refractivity contribution in [1.82, 2.24) is 0 Å². The lowest BCUT2D eigenvalue weighted by atomic mass is 10.1. The van der Waals surface area contributed by atoms with Crippen LogP contribution in [0.2, 0.25) is 0 Å². The van der Waals surface area contributed by atoms with Gasteiger partial charge in [0.25, 0.3) is 0 Å². The van der Waals surface area contributed by atoms with Crippen molar-refractivity contribution in [3.05, 3.63) is 22.2 Å². The molecule has 0 aliphatic heterocycles. The Morgan fingerprint density at radius 2 is 2.06 bits per heavy atom. The summed E-state index contributed by atoms with van der Waals surface area (Å²) in [4.78, 5) is 12.0. The molecule has 92 valence electrons. The second kappa shape index (κ2) is 5.08. The highest BCUT2D eigenvalue weighted by atomic mass is 79.9. The van der Waals surface area contributed by atoms with Crippen LogP contribution in [0.15, 0.2) is 16.6 Å². The lowest BCUT2D eigenvalue weighted by molar-refractivity contribution is -0.119. The van der Waals surface area contributed by atoms with E-state index in [9.17, 15) is 4.79 Å². The molecule has 0 radical (unpaired) electrons. The fourth-order valence-corrected chi connectivity index (χ4v) is 2.76. The normalized spacial score (nSPS) is 16.1. The second-order valence-electron chi connectivity index (χ2n) is 4.66. The summed E-state index contributed by atoms with van der Waals surface area (Å²) >= 11 is 3.45. The number of amides is 1. The van der Waals surface area contributed by atoms with E-state index in [0.717, 1.165) is 41.4 Å². The summed E-state index contributed by atoms with van der Waals surface area (Å²) in [5.41, 5.74) is 8.33. The van der Waals surface area contributed by atoms with Crippen LogP contribution >= 0.6 is 15.9 Å².